The van der Waals surface area contributed by atoms with Gasteiger partial charge in [0.2, 0.25) is 0 Å². The van der Waals surface area contributed by atoms with Crippen LogP contribution in [0.25, 0.3) is 0 Å². The highest BCUT2D eigenvalue weighted by molar-refractivity contribution is 7.92. The average Bonchev–Trinajstić information content (AvgIpc) is 2.55. The summed E-state index contributed by atoms with van der Waals surface area (Å²) in [5.41, 5.74) is 0.579. The van der Waals surface area contributed by atoms with E-state index in [1.165, 1.54) is 6.07 Å². The summed E-state index contributed by atoms with van der Waals surface area (Å²) >= 11 is 0. The van der Waals surface area contributed by atoms with Gasteiger partial charge in [0.25, 0.3) is 0 Å². The summed E-state index contributed by atoms with van der Waals surface area (Å²) in [4.78, 5) is -0.106. The summed E-state index contributed by atoms with van der Waals surface area (Å²) in [6.45, 7) is 4.57. The maximum Gasteiger partial charge on any atom is 0.186 e. The molecule has 0 fully saturated rings. The quantitative estimate of drug-likeness (QED) is 0.915. The summed E-state index contributed by atoms with van der Waals surface area (Å²) in [5.74, 6) is -0.633. The second-order valence-corrected chi connectivity index (χ2v) is 6.69. The molecule has 1 aliphatic rings. The Bertz CT molecular complexity index is 542. The largest absolute Gasteiger partial charge is 0.309 e. The smallest absolute Gasteiger partial charge is 0.186 e. The normalized spacial score (nSPS) is 25.1. The van der Waals surface area contributed by atoms with E-state index in [1.807, 2.05) is 13.8 Å². The SMILES string of the molecule is CCCNC1c2cccc(F)c2S(=O)(=O)C1CC. The van der Waals surface area contributed by atoms with Crippen LogP contribution in [0.1, 0.15) is 38.3 Å². The van der Waals surface area contributed by atoms with Crippen molar-refractivity contribution in [3.05, 3.63) is 29.6 Å². The number of hydrogen-bond donors (Lipinski definition) is 1. The summed E-state index contributed by atoms with van der Waals surface area (Å²) in [5, 5.41) is 2.67. The van der Waals surface area contributed by atoms with Crippen LogP contribution in [0.15, 0.2) is 23.1 Å². The summed E-state index contributed by atoms with van der Waals surface area (Å²) in [7, 11) is -3.54. The minimum absolute atomic E-state index is 0.106. The molecule has 0 saturated carbocycles. The summed E-state index contributed by atoms with van der Waals surface area (Å²) in [6, 6.07) is 4.21. The van der Waals surface area contributed by atoms with Crippen LogP contribution in [-0.2, 0) is 9.84 Å². The number of rotatable bonds is 4. The minimum atomic E-state index is -3.54. The molecular formula is C13H18FNO2S. The molecule has 1 aromatic rings. The molecule has 2 rings (SSSR count). The Morgan fingerprint density at radius 3 is 2.67 bits per heavy atom. The minimum Gasteiger partial charge on any atom is -0.309 e. The van der Waals surface area contributed by atoms with Crippen molar-refractivity contribution in [2.75, 3.05) is 6.54 Å². The van der Waals surface area contributed by atoms with E-state index in [2.05, 4.69) is 5.32 Å². The van der Waals surface area contributed by atoms with Crippen molar-refractivity contribution >= 4 is 9.84 Å². The lowest BCUT2D eigenvalue weighted by molar-refractivity contribution is 0.492. The van der Waals surface area contributed by atoms with Crippen molar-refractivity contribution in [2.45, 2.75) is 42.9 Å². The second-order valence-electron chi connectivity index (χ2n) is 4.58. The van der Waals surface area contributed by atoms with Crippen molar-refractivity contribution in [1.82, 2.24) is 5.32 Å². The van der Waals surface area contributed by atoms with Crippen LogP contribution in [0.5, 0.6) is 0 Å². The van der Waals surface area contributed by atoms with Gasteiger partial charge in [0.1, 0.15) is 10.7 Å². The Hall–Kier alpha value is -0.940. The molecule has 0 bridgehead atoms. The first-order valence-electron chi connectivity index (χ1n) is 6.29. The van der Waals surface area contributed by atoms with E-state index in [4.69, 9.17) is 0 Å². The van der Waals surface area contributed by atoms with E-state index in [1.54, 1.807) is 12.1 Å². The van der Waals surface area contributed by atoms with Crippen molar-refractivity contribution in [3.8, 4) is 0 Å². The van der Waals surface area contributed by atoms with Crippen molar-refractivity contribution in [3.63, 3.8) is 0 Å². The Morgan fingerprint density at radius 1 is 1.33 bits per heavy atom. The highest BCUT2D eigenvalue weighted by atomic mass is 32.2. The van der Waals surface area contributed by atoms with Gasteiger partial charge in [-0.1, -0.05) is 26.0 Å². The Balaban J connectivity index is 2.54. The predicted molar refractivity (Wildman–Crippen MR) is 68.7 cm³/mol. The highest BCUT2D eigenvalue weighted by Crippen LogP contribution is 2.41. The van der Waals surface area contributed by atoms with Crippen LogP contribution in [0, 0.1) is 5.82 Å². The third-order valence-electron chi connectivity index (χ3n) is 3.40. The predicted octanol–water partition coefficient (Wildman–Crippen LogP) is 2.43. The molecule has 2 unspecified atom stereocenters. The lowest BCUT2D eigenvalue weighted by atomic mass is 10.0. The number of fused-ring (bicyclic) bond motifs is 1. The zero-order valence-corrected chi connectivity index (χ0v) is 11.4. The zero-order chi connectivity index (χ0) is 13.3. The molecule has 1 aromatic carbocycles. The first kappa shape index (κ1) is 13.5. The standard InChI is InChI=1S/C13H18FNO2S/c1-3-8-15-12-9-6-5-7-10(14)13(9)18(16,17)11(12)4-2/h5-7,11-12,15H,3-4,8H2,1-2H3. The number of benzene rings is 1. The average molecular weight is 271 g/mol. The van der Waals surface area contributed by atoms with Crippen LogP contribution in [0.4, 0.5) is 4.39 Å². The van der Waals surface area contributed by atoms with E-state index < -0.39 is 20.9 Å². The van der Waals surface area contributed by atoms with Crippen LogP contribution in [0.3, 0.4) is 0 Å². The van der Waals surface area contributed by atoms with Gasteiger partial charge >= 0.3 is 0 Å². The molecule has 5 heteroatoms. The van der Waals surface area contributed by atoms with E-state index in [-0.39, 0.29) is 10.9 Å². The van der Waals surface area contributed by atoms with Gasteiger partial charge in [0.05, 0.1) is 11.3 Å². The topological polar surface area (TPSA) is 46.2 Å². The molecular weight excluding hydrogens is 253 g/mol. The summed E-state index contributed by atoms with van der Waals surface area (Å²) < 4.78 is 38.4. The molecule has 1 N–H and O–H groups in total. The summed E-state index contributed by atoms with van der Waals surface area (Å²) in [6.07, 6.45) is 1.40. The first-order valence-corrected chi connectivity index (χ1v) is 7.84. The lowest BCUT2D eigenvalue weighted by Gasteiger charge is -2.19. The molecule has 0 amide bonds. The van der Waals surface area contributed by atoms with Crippen LogP contribution in [0.2, 0.25) is 0 Å². The molecule has 2 atom stereocenters. The van der Waals surface area contributed by atoms with Gasteiger partial charge in [-0.15, -0.1) is 0 Å². The van der Waals surface area contributed by atoms with E-state index in [9.17, 15) is 12.8 Å². The molecule has 3 nitrogen and oxygen atoms in total. The number of nitrogens with one attached hydrogen (secondary N) is 1. The van der Waals surface area contributed by atoms with Crippen molar-refractivity contribution in [2.24, 2.45) is 0 Å². The molecule has 1 aliphatic heterocycles. The molecule has 0 spiro atoms. The third kappa shape index (κ3) is 1.95. The van der Waals surface area contributed by atoms with E-state index in [0.717, 1.165) is 13.0 Å². The molecule has 1 heterocycles. The van der Waals surface area contributed by atoms with Crippen LogP contribution in [-0.4, -0.2) is 20.2 Å². The van der Waals surface area contributed by atoms with Crippen molar-refractivity contribution < 1.29 is 12.8 Å². The first-order chi connectivity index (χ1) is 8.54. The Labute approximate surface area is 107 Å². The van der Waals surface area contributed by atoms with E-state index in [0.29, 0.717) is 12.0 Å². The fourth-order valence-corrected chi connectivity index (χ4v) is 4.80. The van der Waals surface area contributed by atoms with Gasteiger partial charge in [-0.05, 0) is 31.0 Å². The molecule has 100 valence electrons. The van der Waals surface area contributed by atoms with Gasteiger partial charge in [0.15, 0.2) is 9.84 Å². The van der Waals surface area contributed by atoms with Gasteiger partial charge in [-0.2, -0.15) is 0 Å². The fraction of sp³-hybridized carbons (Fsp3) is 0.538. The number of halogens is 1. The third-order valence-corrected chi connectivity index (χ3v) is 5.81. The number of hydrogen-bond acceptors (Lipinski definition) is 3. The lowest BCUT2D eigenvalue weighted by Crippen LogP contribution is -2.31. The Kier molecular flexibility index (Phi) is 3.73. The zero-order valence-electron chi connectivity index (χ0n) is 10.6. The van der Waals surface area contributed by atoms with E-state index >= 15 is 0 Å². The molecule has 0 saturated heterocycles. The van der Waals surface area contributed by atoms with Gasteiger partial charge in [-0.3, -0.25) is 0 Å². The fourth-order valence-electron chi connectivity index (χ4n) is 2.60. The second kappa shape index (κ2) is 4.97. The molecule has 0 radical (unpaired) electrons. The Morgan fingerprint density at radius 2 is 2.06 bits per heavy atom. The van der Waals surface area contributed by atoms with Crippen LogP contribution >= 0.6 is 0 Å². The maximum atomic E-state index is 13.8. The number of sulfone groups is 1. The monoisotopic (exact) mass is 271 g/mol. The van der Waals surface area contributed by atoms with Crippen LogP contribution < -0.4 is 5.32 Å². The van der Waals surface area contributed by atoms with Gasteiger partial charge in [0, 0.05) is 0 Å². The van der Waals surface area contributed by atoms with Gasteiger partial charge in [-0.25, -0.2) is 12.8 Å². The molecule has 0 aliphatic carbocycles. The molecule has 18 heavy (non-hydrogen) atoms. The highest BCUT2D eigenvalue weighted by Gasteiger charge is 2.45. The maximum absolute atomic E-state index is 13.8. The molecule has 0 aromatic heterocycles. The van der Waals surface area contributed by atoms with Gasteiger partial charge < -0.3 is 5.32 Å². The van der Waals surface area contributed by atoms with Crippen molar-refractivity contribution in [1.29, 1.82) is 0 Å².